The van der Waals surface area contributed by atoms with Gasteiger partial charge in [0.1, 0.15) is 11.8 Å². The highest BCUT2D eigenvalue weighted by Crippen LogP contribution is 2.29. The van der Waals surface area contributed by atoms with Crippen LogP contribution in [0.3, 0.4) is 0 Å². The largest absolute Gasteiger partial charge is 0.451 e. The summed E-state index contributed by atoms with van der Waals surface area (Å²) in [5.41, 5.74) is 0.730. The molecule has 2 aromatic heterocycles. The molecule has 2 heterocycles. The van der Waals surface area contributed by atoms with Crippen molar-refractivity contribution in [2.24, 2.45) is 0 Å². The number of rotatable bonds is 4. The molecule has 0 spiro atoms. The highest BCUT2D eigenvalue weighted by Gasteiger charge is 2.19. The Morgan fingerprint density at radius 1 is 1.17 bits per heavy atom. The average Bonchev–Trinajstić information content (AvgIpc) is 3.16. The quantitative estimate of drug-likeness (QED) is 0.786. The van der Waals surface area contributed by atoms with E-state index in [1.165, 1.54) is 0 Å². The molecule has 3 rings (SSSR count). The fourth-order valence-electron chi connectivity index (χ4n) is 2.08. The van der Waals surface area contributed by atoms with Crippen LogP contribution in [-0.4, -0.2) is 16.1 Å². The minimum atomic E-state index is -0.419. The predicted molar refractivity (Wildman–Crippen MR) is 84.1 cm³/mol. The summed E-state index contributed by atoms with van der Waals surface area (Å²) in [6, 6.07) is 10.2. The van der Waals surface area contributed by atoms with Crippen LogP contribution in [0.2, 0.25) is 5.02 Å². The maximum absolute atomic E-state index is 12.2. The second-order valence-electron chi connectivity index (χ2n) is 5.00. The molecule has 1 unspecified atom stereocenters. The number of nitrogens with one attached hydrogen (secondary N) is 1. The van der Waals surface area contributed by atoms with Gasteiger partial charge >= 0.3 is 0 Å². The standard InChI is InChI=1S/C16H14ClN3O3/c1-9(16-20-19-10(2)22-16)18-15(21)14-8-7-13(23-14)11-5-3-4-6-12(11)17/h3-9H,1-2H3,(H,18,21). The summed E-state index contributed by atoms with van der Waals surface area (Å²) in [7, 11) is 0. The van der Waals surface area contributed by atoms with Crippen LogP contribution in [0.5, 0.6) is 0 Å². The number of halogens is 1. The van der Waals surface area contributed by atoms with E-state index in [0.717, 1.165) is 5.56 Å². The molecule has 1 aromatic carbocycles. The number of amides is 1. The van der Waals surface area contributed by atoms with Gasteiger partial charge in [0, 0.05) is 12.5 Å². The number of furan rings is 1. The maximum Gasteiger partial charge on any atom is 0.287 e. The molecule has 0 saturated heterocycles. The summed E-state index contributed by atoms with van der Waals surface area (Å²) in [5.74, 6) is 1.13. The third kappa shape index (κ3) is 3.27. The van der Waals surface area contributed by atoms with Gasteiger partial charge in [0.25, 0.3) is 5.91 Å². The van der Waals surface area contributed by atoms with Gasteiger partial charge in [0.2, 0.25) is 11.8 Å². The summed E-state index contributed by atoms with van der Waals surface area (Å²) in [4.78, 5) is 12.2. The van der Waals surface area contributed by atoms with Gasteiger partial charge in [-0.25, -0.2) is 0 Å². The zero-order valence-electron chi connectivity index (χ0n) is 12.5. The van der Waals surface area contributed by atoms with Crippen molar-refractivity contribution in [2.45, 2.75) is 19.9 Å². The number of carbonyl (C=O) groups is 1. The third-order valence-corrected chi connectivity index (χ3v) is 3.56. The van der Waals surface area contributed by atoms with Gasteiger partial charge in [0.05, 0.1) is 5.02 Å². The molecule has 3 aromatic rings. The Balaban J connectivity index is 1.75. The molecule has 1 atom stereocenters. The molecular formula is C16H14ClN3O3. The van der Waals surface area contributed by atoms with Gasteiger partial charge in [0.15, 0.2) is 5.76 Å². The van der Waals surface area contributed by atoms with Crippen molar-refractivity contribution in [3.8, 4) is 11.3 Å². The first kappa shape index (κ1) is 15.3. The Morgan fingerprint density at radius 3 is 2.65 bits per heavy atom. The molecule has 0 radical (unpaired) electrons. The van der Waals surface area contributed by atoms with Crippen LogP contribution in [-0.2, 0) is 0 Å². The first-order valence-electron chi connectivity index (χ1n) is 7.00. The summed E-state index contributed by atoms with van der Waals surface area (Å²) in [6.07, 6.45) is 0. The number of aromatic nitrogens is 2. The number of carbonyl (C=O) groups excluding carboxylic acids is 1. The molecule has 1 amide bonds. The highest BCUT2D eigenvalue weighted by atomic mass is 35.5. The Morgan fingerprint density at radius 2 is 1.96 bits per heavy atom. The van der Waals surface area contributed by atoms with E-state index in [-0.39, 0.29) is 11.7 Å². The van der Waals surface area contributed by atoms with Crippen molar-refractivity contribution in [3.05, 3.63) is 59.0 Å². The molecule has 0 fully saturated rings. The summed E-state index contributed by atoms with van der Waals surface area (Å²) in [5, 5.41) is 10.9. The van der Waals surface area contributed by atoms with Gasteiger partial charge in [-0.15, -0.1) is 10.2 Å². The fourth-order valence-corrected chi connectivity index (χ4v) is 2.31. The molecule has 23 heavy (non-hydrogen) atoms. The topological polar surface area (TPSA) is 81.2 Å². The lowest BCUT2D eigenvalue weighted by Gasteiger charge is -2.08. The fraction of sp³-hybridized carbons (Fsp3) is 0.188. The lowest BCUT2D eigenvalue weighted by molar-refractivity contribution is 0.0906. The maximum atomic E-state index is 12.2. The van der Waals surface area contributed by atoms with E-state index in [1.807, 2.05) is 18.2 Å². The minimum Gasteiger partial charge on any atom is -0.451 e. The van der Waals surface area contributed by atoms with Crippen LogP contribution in [0.4, 0.5) is 0 Å². The van der Waals surface area contributed by atoms with E-state index >= 15 is 0 Å². The molecule has 6 nitrogen and oxygen atoms in total. The van der Waals surface area contributed by atoms with Crippen molar-refractivity contribution in [1.82, 2.24) is 15.5 Å². The average molecular weight is 332 g/mol. The molecule has 0 aliphatic heterocycles. The molecule has 1 N–H and O–H groups in total. The summed E-state index contributed by atoms with van der Waals surface area (Å²) >= 11 is 6.13. The van der Waals surface area contributed by atoms with Crippen LogP contribution in [0, 0.1) is 6.92 Å². The van der Waals surface area contributed by atoms with Crippen molar-refractivity contribution in [3.63, 3.8) is 0 Å². The highest BCUT2D eigenvalue weighted by molar-refractivity contribution is 6.33. The molecule has 118 valence electrons. The Labute approximate surface area is 137 Å². The van der Waals surface area contributed by atoms with Crippen LogP contribution in [0.1, 0.15) is 35.3 Å². The van der Waals surface area contributed by atoms with Gasteiger partial charge < -0.3 is 14.2 Å². The monoisotopic (exact) mass is 331 g/mol. The van der Waals surface area contributed by atoms with E-state index in [0.29, 0.717) is 22.6 Å². The SMILES string of the molecule is Cc1nnc(C(C)NC(=O)c2ccc(-c3ccccc3Cl)o2)o1. The van der Waals surface area contributed by atoms with Gasteiger partial charge in [-0.05, 0) is 31.2 Å². The van der Waals surface area contributed by atoms with Crippen molar-refractivity contribution in [1.29, 1.82) is 0 Å². The summed E-state index contributed by atoms with van der Waals surface area (Å²) in [6.45, 7) is 3.44. The molecule has 0 saturated carbocycles. The molecular weight excluding hydrogens is 318 g/mol. The van der Waals surface area contributed by atoms with Gasteiger partial charge in [-0.1, -0.05) is 23.7 Å². The number of benzene rings is 1. The van der Waals surface area contributed by atoms with Crippen LogP contribution in [0.25, 0.3) is 11.3 Å². The van der Waals surface area contributed by atoms with Crippen molar-refractivity contribution < 1.29 is 13.6 Å². The minimum absolute atomic E-state index is 0.183. The Bertz CT molecular complexity index is 840. The van der Waals surface area contributed by atoms with E-state index in [4.69, 9.17) is 20.4 Å². The van der Waals surface area contributed by atoms with E-state index in [2.05, 4.69) is 15.5 Å². The normalized spacial score (nSPS) is 12.1. The Hall–Kier alpha value is -2.60. The van der Waals surface area contributed by atoms with Crippen molar-refractivity contribution in [2.75, 3.05) is 0 Å². The van der Waals surface area contributed by atoms with Gasteiger partial charge in [-0.3, -0.25) is 4.79 Å². The number of hydrogen-bond acceptors (Lipinski definition) is 5. The van der Waals surface area contributed by atoms with E-state index < -0.39 is 6.04 Å². The van der Waals surface area contributed by atoms with Gasteiger partial charge in [-0.2, -0.15) is 0 Å². The van der Waals surface area contributed by atoms with Crippen LogP contribution < -0.4 is 5.32 Å². The first-order chi connectivity index (χ1) is 11.0. The summed E-state index contributed by atoms with van der Waals surface area (Å²) < 4.78 is 10.9. The molecule has 7 heteroatoms. The molecule has 0 bridgehead atoms. The van der Waals surface area contributed by atoms with E-state index in [1.54, 1.807) is 32.0 Å². The van der Waals surface area contributed by atoms with Crippen LogP contribution in [0.15, 0.2) is 45.2 Å². The lowest BCUT2D eigenvalue weighted by Crippen LogP contribution is -2.26. The van der Waals surface area contributed by atoms with Crippen LogP contribution >= 0.6 is 11.6 Å². The first-order valence-corrected chi connectivity index (χ1v) is 7.38. The number of nitrogens with zero attached hydrogens (tertiary/aromatic N) is 2. The zero-order valence-corrected chi connectivity index (χ0v) is 13.3. The number of hydrogen-bond donors (Lipinski definition) is 1. The Kier molecular flexibility index (Phi) is 4.16. The second-order valence-corrected chi connectivity index (χ2v) is 5.41. The lowest BCUT2D eigenvalue weighted by atomic mass is 10.2. The smallest absolute Gasteiger partial charge is 0.287 e. The second kappa shape index (κ2) is 6.26. The predicted octanol–water partition coefficient (Wildman–Crippen LogP) is 3.78. The zero-order chi connectivity index (χ0) is 16.4. The molecule has 0 aliphatic rings. The number of aryl methyl sites for hydroxylation is 1. The molecule has 0 aliphatic carbocycles. The third-order valence-electron chi connectivity index (χ3n) is 3.23. The van der Waals surface area contributed by atoms with E-state index in [9.17, 15) is 4.79 Å². The van der Waals surface area contributed by atoms with Crippen molar-refractivity contribution >= 4 is 17.5 Å².